The van der Waals surface area contributed by atoms with E-state index in [0.29, 0.717) is 31.6 Å². The zero-order valence-electron chi connectivity index (χ0n) is 16.8. The van der Waals surface area contributed by atoms with E-state index in [0.717, 1.165) is 30.4 Å². The molecule has 0 aliphatic carbocycles. The highest BCUT2D eigenvalue weighted by atomic mass is 35.5. The number of aryl methyl sites for hydroxylation is 2. The van der Waals surface area contributed by atoms with Gasteiger partial charge in [-0.15, -0.1) is 12.4 Å². The van der Waals surface area contributed by atoms with Gasteiger partial charge >= 0.3 is 0 Å². The summed E-state index contributed by atoms with van der Waals surface area (Å²) in [7, 11) is 0. The zero-order chi connectivity index (χ0) is 19.8. The number of carbonyl (C=O) groups is 3. The summed E-state index contributed by atoms with van der Waals surface area (Å²) in [6, 6.07) is 5.81. The molecule has 1 aliphatic heterocycles. The van der Waals surface area contributed by atoms with Crippen LogP contribution in [0.4, 0.5) is 0 Å². The summed E-state index contributed by atoms with van der Waals surface area (Å²) in [6.07, 6.45) is 3.60. The van der Waals surface area contributed by atoms with E-state index in [1.165, 1.54) is 0 Å². The molecular formula is C21H32ClN3O3. The van der Waals surface area contributed by atoms with Crippen molar-refractivity contribution in [3.05, 3.63) is 34.9 Å². The number of ketones is 1. The molecule has 1 aromatic rings. The summed E-state index contributed by atoms with van der Waals surface area (Å²) in [5.74, 6) is -0.0821. The Balaban J connectivity index is 0.00000392. The van der Waals surface area contributed by atoms with E-state index in [9.17, 15) is 14.4 Å². The summed E-state index contributed by atoms with van der Waals surface area (Å²) in [4.78, 5) is 38.7. The van der Waals surface area contributed by atoms with E-state index in [2.05, 4.69) is 5.32 Å². The second-order valence-electron chi connectivity index (χ2n) is 7.32. The van der Waals surface area contributed by atoms with Gasteiger partial charge in [-0.05, 0) is 44.7 Å². The SMILES string of the molecule is Cc1ccc(C)c(C(=O)CCC(=O)N2CCCCC2CNC(=O)CCN)c1.Cl. The minimum Gasteiger partial charge on any atom is -0.354 e. The van der Waals surface area contributed by atoms with Crippen molar-refractivity contribution >= 4 is 30.0 Å². The number of nitrogens with zero attached hydrogens (tertiary/aromatic N) is 1. The molecule has 1 heterocycles. The summed E-state index contributed by atoms with van der Waals surface area (Å²) in [6.45, 7) is 5.33. The van der Waals surface area contributed by atoms with E-state index in [1.807, 2.05) is 36.9 Å². The number of amides is 2. The average molecular weight is 410 g/mol. The number of piperidine rings is 1. The van der Waals surface area contributed by atoms with Crippen molar-refractivity contribution in [3.63, 3.8) is 0 Å². The van der Waals surface area contributed by atoms with Crippen LogP contribution in [-0.2, 0) is 9.59 Å². The number of nitrogens with one attached hydrogen (secondary N) is 1. The van der Waals surface area contributed by atoms with Crippen LogP contribution in [0.5, 0.6) is 0 Å². The molecule has 0 aromatic heterocycles. The molecule has 2 rings (SSSR count). The summed E-state index contributed by atoms with van der Waals surface area (Å²) in [5, 5.41) is 2.86. The highest BCUT2D eigenvalue weighted by Crippen LogP contribution is 2.19. The summed E-state index contributed by atoms with van der Waals surface area (Å²) >= 11 is 0. The number of carbonyl (C=O) groups excluding carboxylic acids is 3. The summed E-state index contributed by atoms with van der Waals surface area (Å²) in [5.41, 5.74) is 8.08. The fraction of sp³-hybridized carbons (Fsp3) is 0.571. The Morgan fingerprint density at radius 2 is 1.89 bits per heavy atom. The van der Waals surface area contributed by atoms with Gasteiger partial charge in [-0.25, -0.2) is 0 Å². The second-order valence-corrected chi connectivity index (χ2v) is 7.32. The molecule has 0 radical (unpaired) electrons. The van der Waals surface area contributed by atoms with Crippen molar-refractivity contribution in [2.45, 2.75) is 58.4 Å². The van der Waals surface area contributed by atoms with Crippen LogP contribution in [0.2, 0.25) is 0 Å². The van der Waals surface area contributed by atoms with E-state index in [-0.39, 0.29) is 48.9 Å². The van der Waals surface area contributed by atoms with Gasteiger partial charge in [0.1, 0.15) is 0 Å². The molecule has 0 bridgehead atoms. The molecule has 1 saturated heterocycles. The average Bonchev–Trinajstić information content (AvgIpc) is 2.66. The normalized spacial score (nSPS) is 16.2. The van der Waals surface area contributed by atoms with Gasteiger partial charge in [0.25, 0.3) is 0 Å². The first-order chi connectivity index (χ1) is 12.9. The first-order valence-electron chi connectivity index (χ1n) is 9.79. The second kappa shape index (κ2) is 11.8. The minimum atomic E-state index is -0.0828. The lowest BCUT2D eigenvalue weighted by atomic mass is 9.98. The van der Waals surface area contributed by atoms with Crippen molar-refractivity contribution in [2.24, 2.45) is 5.73 Å². The number of hydrogen-bond donors (Lipinski definition) is 2. The smallest absolute Gasteiger partial charge is 0.223 e. The molecule has 1 unspecified atom stereocenters. The van der Waals surface area contributed by atoms with Crippen LogP contribution in [-0.4, -0.2) is 48.2 Å². The van der Waals surface area contributed by atoms with Crippen molar-refractivity contribution in [1.29, 1.82) is 0 Å². The molecule has 0 saturated carbocycles. The van der Waals surface area contributed by atoms with Crippen molar-refractivity contribution in [3.8, 4) is 0 Å². The molecule has 6 nitrogen and oxygen atoms in total. The van der Waals surface area contributed by atoms with Gasteiger partial charge in [0, 0.05) is 50.5 Å². The lowest BCUT2D eigenvalue weighted by molar-refractivity contribution is -0.135. The number of hydrogen-bond acceptors (Lipinski definition) is 4. The molecule has 1 atom stereocenters. The molecule has 0 spiro atoms. The molecule has 156 valence electrons. The van der Waals surface area contributed by atoms with Crippen molar-refractivity contribution in [1.82, 2.24) is 10.2 Å². The van der Waals surface area contributed by atoms with Crippen LogP contribution in [0, 0.1) is 13.8 Å². The number of halogens is 1. The Labute approximate surface area is 173 Å². The number of Topliss-reactive ketones (excluding diaryl/α,β-unsaturated/α-hetero) is 1. The number of benzene rings is 1. The number of nitrogens with two attached hydrogens (primary N) is 1. The Bertz CT molecular complexity index is 693. The van der Waals surface area contributed by atoms with E-state index < -0.39 is 0 Å². The van der Waals surface area contributed by atoms with Crippen molar-refractivity contribution in [2.75, 3.05) is 19.6 Å². The largest absolute Gasteiger partial charge is 0.354 e. The lowest BCUT2D eigenvalue weighted by Crippen LogP contribution is -2.49. The van der Waals surface area contributed by atoms with Crippen LogP contribution in [0.15, 0.2) is 18.2 Å². The van der Waals surface area contributed by atoms with E-state index >= 15 is 0 Å². The standard InChI is InChI=1S/C21H31N3O3.ClH/c1-15-6-7-16(2)18(13-15)19(25)8-9-21(27)24-12-4-3-5-17(24)14-23-20(26)10-11-22;/h6-7,13,17H,3-5,8-12,14,22H2,1-2H3,(H,23,26);1H. The van der Waals surface area contributed by atoms with Crippen LogP contribution < -0.4 is 11.1 Å². The highest BCUT2D eigenvalue weighted by molar-refractivity contribution is 5.99. The minimum absolute atomic E-state index is 0. The maximum Gasteiger partial charge on any atom is 0.223 e. The Kier molecular flexibility index (Phi) is 10.2. The monoisotopic (exact) mass is 409 g/mol. The van der Waals surface area contributed by atoms with Gasteiger partial charge < -0.3 is 16.0 Å². The van der Waals surface area contributed by atoms with Crippen LogP contribution in [0.25, 0.3) is 0 Å². The number of likely N-dealkylation sites (tertiary alicyclic amines) is 1. The molecule has 3 N–H and O–H groups in total. The molecule has 7 heteroatoms. The Hall–Kier alpha value is -1.92. The first kappa shape index (κ1) is 24.1. The third kappa shape index (κ3) is 6.91. The maximum atomic E-state index is 12.7. The van der Waals surface area contributed by atoms with E-state index in [4.69, 9.17) is 5.73 Å². The van der Waals surface area contributed by atoms with Crippen LogP contribution >= 0.6 is 12.4 Å². The van der Waals surface area contributed by atoms with Gasteiger partial charge in [-0.2, -0.15) is 0 Å². The van der Waals surface area contributed by atoms with Crippen LogP contribution in [0.3, 0.4) is 0 Å². The molecule has 28 heavy (non-hydrogen) atoms. The third-order valence-electron chi connectivity index (χ3n) is 5.11. The summed E-state index contributed by atoms with van der Waals surface area (Å²) < 4.78 is 0. The molecule has 2 amide bonds. The third-order valence-corrected chi connectivity index (χ3v) is 5.11. The zero-order valence-corrected chi connectivity index (χ0v) is 17.6. The first-order valence-corrected chi connectivity index (χ1v) is 9.79. The molecular weight excluding hydrogens is 378 g/mol. The lowest BCUT2D eigenvalue weighted by Gasteiger charge is -2.36. The topological polar surface area (TPSA) is 92.5 Å². The van der Waals surface area contributed by atoms with Gasteiger partial charge in [-0.1, -0.05) is 17.7 Å². The number of rotatable bonds is 8. The van der Waals surface area contributed by atoms with Gasteiger partial charge in [-0.3, -0.25) is 14.4 Å². The van der Waals surface area contributed by atoms with Gasteiger partial charge in [0.15, 0.2) is 5.78 Å². The van der Waals surface area contributed by atoms with Gasteiger partial charge in [0.05, 0.1) is 0 Å². The molecule has 1 aliphatic rings. The quantitative estimate of drug-likeness (QED) is 0.645. The van der Waals surface area contributed by atoms with Crippen molar-refractivity contribution < 1.29 is 14.4 Å². The fourth-order valence-electron chi connectivity index (χ4n) is 3.53. The predicted octanol–water partition coefficient (Wildman–Crippen LogP) is 2.53. The van der Waals surface area contributed by atoms with Gasteiger partial charge in [0.2, 0.25) is 11.8 Å². The Morgan fingerprint density at radius 1 is 1.14 bits per heavy atom. The van der Waals surface area contributed by atoms with Crippen LogP contribution in [0.1, 0.15) is 60.0 Å². The van der Waals surface area contributed by atoms with E-state index in [1.54, 1.807) is 0 Å². The maximum absolute atomic E-state index is 12.7. The molecule has 1 fully saturated rings. The predicted molar refractivity (Wildman–Crippen MR) is 113 cm³/mol. The highest BCUT2D eigenvalue weighted by Gasteiger charge is 2.27. The molecule has 1 aromatic carbocycles. The Morgan fingerprint density at radius 3 is 2.61 bits per heavy atom. The fourth-order valence-corrected chi connectivity index (χ4v) is 3.53.